The van der Waals surface area contributed by atoms with Crippen molar-refractivity contribution in [3.8, 4) is 0 Å². The van der Waals surface area contributed by atoms with Crippen LogP contribution in [0.1, 0.15) is 44.4 Å². The fourth-order valence-electron chi connectivity index (χ4n) is 1.73. The van der Waals surface area contributed by atoms with Crippen LogP contribution in [0.15, 0.2) is 24.3 Å². The lowest BCUT2D eigenvalue weighted by Crippen LogP contribution is -2.27. The van der Waals surface area contributed by atoms with Gasteiger partial charge in [-0.05, 0) is 31.4 Å². The Morgan fingerprint density at radius 1 is 1.19 bits per heavy atom. The smallest absolute Gasteiger partial charge is 0.0636 e. The average Bonchev–Trinajstić information content (AvgIpc) is 2.27. The van der Waals surface area contributed by atoms with Gasteiger partial charge < -0.3 is 10.4 Å². The summed E-state index contributed by atoms with van der Waals surface area (Å²) in [6, 6.07) is 9.03. The molecule has 0 aliphatic rings. The Balaban J connectivity index is 2.52. The predicted molar refractivity (Wildman–Crippen MR) is 68.5 cm³/mol. The van der Waals surface area contributed by atoms with Crippen molar-refractivity contribution < 1.29 is 5.11 Å². The first-order chi connectivity index (χ1) is 7.63. The van der Waals surface area contributed by atoms with E-state index in [1.807, 2.05) is 0 Å². The van der Waals surface area contributed by atoms with Crippen LogP contribution >= 0.6 is 0 Å². The number of aliphatic hydroxyl groups excluding tert-OH is 1. The molecule has 0 saturated carbocycles. The van der Waals surface area contributed by atoms with Crippen molar-refractivity contribution >= 4 is 0 Å². The van der Waals surface area contributed by atoms with E-state index in [1.165, 1.54) is 17.5 Å². The Morgan fingerprint density at radius 3 is 2.31 bits per heavy atom. The van der Waals surface area contributed by atoms with E-state index in [0.29, 0.717) is 12.6 Å². The molecule has 0 heterocycles. The van der Waals surface area contributed by atoms with Gasteiger partial charge >= 0.3 is 0 Å². The highest BCUT2D eigenvalue weighted by atomic mass is 16.3. The molecule has 2 N–H and O–H groups in total. The molecule has 0 spiro atoms. The molecular formula is C14H23NO. The van der Waals surface area contributed by atoms with Crippen LogP contribution in [0.3, 0.4) is 0 Å². The van der Waals surface area contributed by atoms with Gasteiger partial charge in [-0.1, -0.05) is 37.6 Å². The molecule has 1 aromatic rings. The maximum absolute atomic E-state index is 9.20. The van der Waals surface area contributed by atoms with Crippen molar-refractivity contribution in [1.82, 2.24) is 5.32 Å². The Kier molecular flexibility index (Phi) is 5.50. The van der Waals surface area contributed by atoms with Crippen LogP contribution in [-0.2, 0) is 6.42 Å². The molecule has 0 fully saturated rings. The number of rotatable bonds is 6. The van der Waals surface area contributed by atoms with E-state index < -0.39 is 0 Å². The number of aliphatic hydroxyl groups is 1. The van der Waals surface area contributed by atoms with Crippen molar-refractivity contribution in [2.75, 3.05) is 6.54 Å². The van der Waals surface area contributed by atoms with Crippen LogP contribution in [-0.4, -0.2) is 17.8 Å². The summed E-state index contributed by atoms with van der Waals surface area (Å²) in [5.74, 6) is 0. The lowest BCUT2D eigenvalue weighted by Gasteiger charge is -2.15. The second-order valence-electron chi connectivity index (χ2n) is 4.47. The Hall–Kier alpha value is -0.860. The number of nitrogens with one attached hydrogen (secondary N) is 1. The van der Waals surface area contributed by atoms with E-state index in [-0.39, 0.29) is 6.10 Å². The average molecular weight is 221 g/mol. The van der Waals surface area contributed by atoms with Gasteiger partial charge in [-0.2, -0.15) is 0 Å². The van der Waals surface area contributed by atoms with Gasteiger partial charge in [0, 0.05) is 12.6 Å². The fraction of sp³-hybridized carbons (Fsp3) is 0.571. The first-order valence-corrected chi connectivity index (χ1v) is 6.13. The second kappa shape index (κ2) is 6.66. The van der Waals surface area contributed by atoms with Gasteiger partial charge in [-0.25, -0.2) is 0 Å². The maximum atomic E-state index is 9.20. The lowest BCUT2D eigenvalue weighted by atomic mass is 10.0. The zero-order valence-electron chi connectivity index (χ0n) is 10.5. The highest BCUT2D eigenvalue weighted by molar-refractivity contribution is 5.24. The number of hydrogen-bond acceptors (Lipinski definition) is 2. The predicted octanol–water partition coefficient (Wildman–Crippen LogP) is 2.67. The molecule has 16 heavy (non-hydrogen) atoms. The summed E-state index contributed by atoms with van der Waals surface area (Å²) in [5, 5.41) is 12.5. The van der Waals surface area contributed by atoms with Gasteiger partial charge in [-0.15, -0.1) is 0 Å². The molecule has 2 heteroatoms. The maximum Gasteiger partial charge on any atom is 0.0636 e. The molecule has 1 unspecified atom stereocenters. The minimum atomic E-state index is -0.290. The molecule has 2 nitrogen and oxygen atoms in total. The van der Waals surface area contributed by atoms with Crippen LogP contribution in [0.2, 0.25) is 0 Å². The number of hydrogen-bond donors (Lipinski definition) is 2. The Bertz CT molecular complexity index is 292. The van der Waals surface area contributed by atoms with Crippen LogP contribution in [0, 0.1) is 0 Å². The van der Waals surface area contributed by atoms with Crippen molar-refractivity contribution in [1.29, 1.82) is 0 Å². The standard InChI is InChI=1S/C14H23NO/c1-4-5-13-6-8-14(9-7-13)12(3)15-10-11(2)16/h6-9,11-12,15-16H,4-5,10H2,1-3H3/t11-,12?/m1/s1. The van der Waals surface area contributed by atoms with E-state index in [0.717, 1.165) is 6.42 Å². The third-order valence-electron chi connectivity index (χ3n) is 2.74. The van der Waals surface area contributed by atoms with Gasteiger partial charge in [0.2, 0.25) is 0 Å². The minimum absolute atomic E-state index is 0.290. The highest BCUT2D eigenvalue weighted by Crippen LogP contribution is 2.14. The first-order valence-electron chi connectivity index (χ1n) is 6.13. The zero-order valence-corrected chi connectivity index (χ0v) is 10.5. The molecule has 1 aromatic carbocycles. The van der Waals surface area contributed by atoms with Crippen molar-refractivity contribution in [2.45, 2.75) is 45.8 Å². The molecule has 1 rings (SSSR count). The van der Waals surface area contributed by atoms with Gasteiger partial charge in [0.1, 0.15) is 0 Å². The van der Waals surface area contributed by atoms with Crippen molar-refractivity contribution in [3.63, 3.8) is 0 Å². The molecule has 0 saturated heterocycles. The van der Waals surface area contributed by atoms with E-state index in [9.17, 15) is 5.11 Å². The van der Waals surface area contributed by atoms with Crippen LogP contribution in [0.5, 0.6) is 0 Å². The van der Waals surface area contributed by atoms with Crippen LogP contribution in [0.4, 0.5) is 0 Å². The third kappa shape index (κ3) is 4.33. The molecule has 0 aliphatic carbocycles. The third-order valence-corrected chi connectivity index (χ3v) is 2.74. The number of benzene rings is 1. The summed E-state index contributed by atoms with van der Waals surface area (Å²) >= 11 is 0. The molecule has 0 radical (unpaired) electrons. The van der Waals surface area contributed by atoms with Crippen molar-refractivity contribution in [2.24, 2.45) is 0 Å². The molecule has 0 aliphatic heterocycles. The second-order valence-corrected chi connectivity index (χ2v) is 4.47. The summed E-state index contributed by atoms with van der Waals surface area (Å²) in [6.07, 6.45) is 2.05. The fourth-order valence-corrected chi connectivity index (χ4v) is 1.73. The van der Waals surface area contributed by atoms with Gasteiger partial charge in [0.25, 0.3) is 0 Å². The quantitative estimate of drug-likeness (QED) is 0.774. The van der Waals surface area contributed by atoms with E-state index >= 15 is 0 Å². The van der Waals surface area contributed by atoms with E-state index in [2.05, 4.69) is 43.4 Å². The van der Waals surface area contributed by atoms with Gasteiger partial charge in [-0.3, -0.25) is 0 Å². The molecule has 2 atom stereocenters. The summed E-state index contributed by atoms with van der Waals surface area (Å²) in [4.78, 5) is 0. The van der Waals surface area contributed by atoms with Gasteiger partial charge in [0.05, 0.1) is 6.10 Å². The van der Waals surface area contributed by atoms with Crippen LogP contribution in [0.25, 0.3) is 0 Å². The molecular weight excluding hydrogens is 198 g/mol. The van der Waals surface area contributed by atoms with Gasteiger partial charge in [0.15, 0.2) is 0 Å². The largest absolute Gasteiger partial charge is 0.392 e. The SMILES string of the molecule is CCCc1ccc(C(C)NC[C@@H](C)O)cc1. The van der Waals surface area contributed by atoms with Crippen LogP contribution < -0.4 is 5.32 Å². The van der Waals surface area contributed by atoms with E-state index in [1.54, 1.807) is 6.92 Å². The molecule has 0 amide bonds. The van der Waals surface area contributed by atoms with Crippen molar-refractivity contribution in [3.05, 3.63) is 35.4 Å². The molecule has 0 aromatic heterocycles. The Morgan fingerprint density at radius 2 is 1.81 bits per heavy atom. The molecule has 90 valence electrons. The molecule has 0 bridgehead atoms. The minimum Gasteiger partial charge on any atom is -0.392 e. The summed E-state index contributed by atoms with van der Waals surface area (Å²) in [6.45, 7) is 6.75. The monoisotopic (exact) mass is 221 g/mol. The lowest BCUT2D eigenvalue weighted by molar-refractivity contribution is 0.187. The topological polar surface area (TPSA) is 32.3 Å². The highest BCUT2D eigenvalue weighted by Gasteiger charge is 2.05. The normalized spacial score (nSPS) is 14.8. The number of aryl methyl sites for hydroxylation is 1. The summed E-state index contributed by atoms with van der Waals surface area (Å²) < 4.78 is 0. The summed E-state index contributed by atoms with van der Waals surface area (Å²) in [5.41, 5.74) is 2.68. The zero-order chi connectivity index (χ0) is 12.0. The Labute approximate surface area is 98.7 Å². The van der Waals surface area contributed by atoms with E-state index in [4.69, 9.17) is 0 Å². The first kappa shape index (κ1) is 13.2. The summed E-state index contributed by atoms with van der Waals surface area (Å²) in [7, 11) is 0.